The molecule has 0 radical (unpaired) electrons. The fourth-order valence-electron chi connectivity index (χ4n) is 3.85. The van der Waals surface area contributed by atoms with Crippen molar-refractivity contribution in [2.24, 2.45) is 5.92 Å². The zero-order chi connectivity index (χ0) is 16.0. The lowest BCUT2D eigenvalue weighted by molar-refractivity contribution is -0.139. The highest BCUT2D eigenvalue weighted by atomic mass is 16.2. The van der Waals surface area contributed by atoms with Gasteiger partial charge < -0.3 is 15.5 Å². The van der Waals surface area contributed by atoms with Crippen LogP contribution in [0.3, 0.4) is 0 Å². The van der Waals surface area contributed by atoms with E-state index in [2.05, 4.69) is 10.6 Å². The number of para-hydroxylation sites is 1. The first kappa shape index (κ1) is 14.5. The third kappa shape index (κ3) is 2.38. The summed E-state index contributed by atoms with van der Waals surface area (Å²) in [4.78, 5) is 26.8. The van der Waals surface area contributed by atoms with Gasteiger partial charge in [0, 0.05) is 31.8 Å². The molecule has 2 heterocycles. The summed E-state index contributed by atoms with van der Waals surface area (Å²) in [5.41, 5.74) is 2.33. The summed E-state index contributed by atoms with van der Waals surface area (Å²) in [5, 5.41) is 6.70. The van der Waals surface area contributed by atoms with E-state index in [4.69, 9.17) is 0 Å². The van der Waals surface area contributed by atoms with Gasteiger partial charge in [0.15, 0.2) is 0 Å². The molecule has 122 valence electrons. The molecular formula is C18H23N3O2. The first-order valence-electron chi connectivity index (χ1n) is 8.57. The molecule has 3 aliphatic rings. The fraction of sp³-hybridized carbons (Fsp3) is 0.556. The summed E-state index contributed by atoms with van der Waals surface area (Å²) >= 11 is 0. The maximum absolute atomic E-state index is 12.5. The second-order valence-corrected chi connectivity index (χ2v) is 7.11. The number of hydrogen-bond acceptors (Lipinski definition) is 3. The van der Waals surface area contributed by atoms with Gasteiger partial charge in [-0.15, -0.1) is 0 Å². The van der Waals surface area contributed by atoms with Gasteiger partial charge in [0.05, 0.1) is 11.3 Å². The van der Waals surface area contributed by atoms with Gasteiger partial charge in [0.2, 0.25) is 5.91 Å². The minimum Gasteiger partial charge on any atom is -0.362 e. The third-order valence-electron chi connectivity index (χ3n) is 5.62. The normalized spacial score (nSPS) is 22.8. The van der Waals surface area contributed by atoms with E-state index in [1.54, 1.807) is 0 Å². The minimum absolute atomic E-state index is 0.0128. The Morgan fingerprint density at radius 1 is 1.22 bits per heavy atom. The van der Waals surface area contributed by atoms with Crippen LogP contribution in [0.25, 0.3) is 0 Å². The highest BCUT2D eigenvalue weighted by Gasteiger charge is 2.42. The SMILES string of the molecule is Cc1cccc2c1NC1(CCN(C(=O)C3CCC3)CC1)NC2=O. The van der Waals surface area contributed by atoms with Crippen LogP contribution in [-0.2, 0) is 4.79 Å². The van der Waals surface area contributed by atoms with Crippen molar-refractivity contribution in [3.05, 3.63) is 29.3 Å². The number of benzene rings is 1. The van der Waals surface area contributed by atoms with Crippen LogP contribution in [0.4, 0.5) is 5.69 Å². The first-order chi connectivity index (χ1) is 11.1. The van der Waals surface area contributed by atoms with Crippen LogP contribution in [0.1, 0.15) is 48.0 Å². The monoisotopic (exact) mass is 313 g/mol. The number of carbonyl (C=O) groups is 2. The predicted octanol–water partition coefficient (Wildman–Crippen LogP) is 2.27. The lowest BCUT2D eigenvalue weighted by Gasteiger charge is -2.47. The van der Waals surface area contributed by atoms with Crippen molar-refractivity contribution in [3.63, 3.8) is 0 Å². The number of nitrogens with one attached hydrogen (secondary N) is 2. The Kier molecular flexibility index (Phi) is 3.32. The molecular weight excluding hydrogens is 290 g/mol. The molecule has 0 atom stereocenters. The zero-order valence-electron chi connectivity index (χ0n) is 13.5. The predicted molar refractivity (Wildman–Crippen MR) is 88.2 cm³/mol. The van der Waals surface area contributed by atoms with Crippen LogP contribution < -0.4 is 10.6 Å². The third-order valence-corrected chi connectivity index (χ3v) is 5.62. The molecule has 4 rings (SSSR count). The molecule has 1 saturated carbocycles. The van der Waals surface area contributed by atoms with Gasteiger partial charge in [-0.05, 0) is 31.4 Å². The Hall–Kier alpha value is -2.04. The lowest BCUT2D eigenvalue weighted by Crippen LogP contribution is -2.63. The average molecular weight is 313 g/mol. The molecule has 2 amide bonds. The van der Waals surface area contributed by atoms with Crippen LogP contribution >= 0.6 is 0 Å². The summed E-state index contributed by atoms with van der Waals surface area (Å²) in [5.74, 6) is 0.548. The minimum atomic E-state index is -0.410. The second kappa shape index (κ2) is 5.25. The van der Waals surface area contributed by atoms with Crippen LogP contribution in [0.5, 0.6) is 0 Å². The summed E-state index contributed by atoms with van der Waals surface area (Å²) in [6.07, 6.45) is 4.78. The fourth-order valence-corrected chi connectivity index (χ4v) is 3.85. The number of hydrogen-bond donors (Lipinski definition) is 2. The van der Waals surface area contributed by atoms with E-state index in [0.29, 0.717) is 24.6 Å². The maximum Gasteiger partial charge on any atom is 0.255 e. The van der Waals surface area contributed by atoms with Crippen molar-refractivity contribution in [1.82, 2.24) is 10.2 Å². The highest BCUT2D eigenvalue weighted by molar-refractivity contribution is 6.02. The van der Waals surface area contributed by atoms with Gasteiger partial charge in [0.25, 0.3) is 5.91 Å². The highest BCUT2D eigenvalue weighted by Crippen LogP contribution is 2.35. The number of nitrogens with zero attached hydrogens (tertiary/aromatic N) is 1. The Morgan fingerprint density at radius 3 is 2.61 bits per heavy atom. The van der Waals surface area contributed by atoms with E-state index in [1.165, 1.54) is 6.42 Å². The topological polar surface area (TPSA) is 61.4 Å². The van der Waals surface area contributed by atoms with Gasteiger partial charge in [-0.2, -0.15) is 0 Å². The number of carbonyl (C=O) groups excluding carboxylic acids is 2. The Labute approximate surface area is 136 Å². The molecule has 1 aromatic rings. The standard InChI is InChI=1S/C18H23N3O2/c1-12-4-2-7-14-15(12)19-18(20-16(14)22)8-10-21(11-9-18)17(23)13-5-3-6-13/h2,4,7,13,19H,3,5-6,8-11H2,1H3,(H,20,22). The maximum atomic E-state index is 12.5. The number of fused-ring (bicyclic) bond motifs is 1. The van der Waals surface area contributed by atoms with Gasteiger partial charge in [0.1, 0.15) is 5.66 Å². The van der Waals surface area contributed by atoms with Crippen molar-refractivity contribution in [1.29, 1.82) is 0 Å². The van der Waals surface area contributed by atoms with Crippen LogP contribution in [-0.4, -0.2) is 35.5 Å². The number of amides is 2. The van der Waals surface area contributed by atoms with Crippen molar-refractivity contribution in [2.45, 2.75) is 44.7 Å². The number of piperidine rings is 1. The quantitative estimate of drug-likeness (QED) is 0.836. The average Bonchev–Trinajstić information content (AvgIpc) is 2.47. The van der Waals surface area contributed by atoms with Gasteiger partial charge in [-0.25, -0.2) is 0 Å². The second-order valence-electron chi connectivity index (χ2n) is 7.11. The molecule has 1 spiro atoms. The zero-order valence-corrected chi connectivity index (χ0v) is 13.5. The van der Waals surface area contributed by atoms with Gasteiger partial charge in [-0.3, -0.25) is 9.59 Å². The Bertz CT molecular complexity index is 658. The molecule has 0 aromatic heterocycles. The van der Waals surface area contributed by atoms with Crippen molar-refractivity contribution < 1.29 is 9.59 Å². The smallest absolute Gasteiger partial charge is 0.255 e. The van der Waals surface area contributed by atoms with E-state index in [-0.39, 0.29) is 11.8 Å². The lowest BCUT2D eigenvalue weighted by atomic mass is 9.83. The Morgan fingerprint density at radius 2 is 1.96 bits per heavy atom. The first-order valence-corrected chi connectivity index (χ1v) is 8.57. The Balaban J connectivity index is 1.50. The van der Waals surface area contributed by atoms with E-state index in [1.807, 2.05) is 30.0 Å². The van der Waals surface area contributed by atoms with Crippen LogP contribution in [0.2, 0.25) is 0 Å². The van der Waals surface area contributed by atoms with E-state index in [9.17, 15) is 9.59 Å². The van der Waals surface area contributed by atoms with Gasteiger partial charge >= 0.3 is 0 Å². The molecule has 2 fully saturated rings. The summed E-state index contributed by atoms with van der Waals surface area (Å²) < 4.78 is 0. The number of aryl methyl sites for hydroxylation is 1. The molecule has 1 saturated heterocycles. The molecule has 2 aliphatic heterocycles. The van der Waals surface area contributed by atoms with Crippen molar-refractivity contribution >= 4 is 17.5 Å². The molecule has 1 aliphatic carbocycles. The molecule has 1 aromatic carbocycles. The van der Waals surface area contributed by atoms with E-state index in [0.717, 1.165) is 36.9 Å². The number of rotatable bonds is 1. The molecule has 5 heteroatoms. The van der Waals surface area contributed by atoms with Crippen molar-refractivity contribution in [3.8, 4) is 0 Å². The van der Waals surface area contributed by atoms with Gasteiger partial charge in [-0.1, -0.05) is 18.6 Å². The summed E-state index contributed by atoms with van der Waals surface area (Å²) in [7, 11) is 0. The van der Waals surface area contributed by atoms with E-state index >= 15 is 0 Å². The van der Waals surface area contributed by atoms with Crippen LogP contribution in [0.15, 0.2) is 18.2 Å². The van der Waals surface area contributed by atoms with Crippen molar-refractivity contribution in [2.75, 3.05) is 18.4 Å². The molecule has 2 N–H and O–H groups in total. The summed E-state index contributed by atoms with van der Waals surface area (Å²) in [6, 6.07) is 5.79. The molecule has 0 unspecified atom stereocenters. The largest absolute Gasteiger partial charge is 0.362 e. The van der Waals surface area contributed by atoms with E-state index < -0.39 is 5.66 Å². The number of likely N-dealkylation sites (tertiary alicyclic amines) is 1. The molecule has 0 bridgehead atoms. The number of anilines is 1. The molecule has 5 nitrogen and oxygen atoms in total. The van der Waals surface area contributed by atoms with Crippen LogP contribution in [0, 0.1) is 12.8 Å². The summed E-state index contributed by atoms with van der Waals surface area (Å²) in [6.45, 7) is 3.45. The molecule has 23 heavy (non-hydrogen) atoms.